The molecule has 21 heavy (non-hydrogen) atoms. The second kappa shape index (κ2) is 7.31. The molecule has 1 aliphatic carbocycles. The second-order valence-corrected chi connectivity index (χ2v) is 5.20. The lowest BCUT2D eigenvalue weighted by Gasteiger charge is -2.21. The van der Waals surface area contributed by atoms with E-state index in [0.29, 0.717) is 18.3 Å². The number of amides is 1. The molecule has 0 aliphatic heterocycles. The number of carbonyl (C=O) groups excluding carboxylic acids is 1. The molecule has 1 aromatic carbocycles. The summed E-state index contributed by atoms with van der Waals surface area (Å²) in [4.78, 5) is 14.1. The fourth-order valence-electron chi connectivity index (χ4n) is 2.38. The normalized spacial score (nSPS) is 13.9. The Morgan fingerprint density at radius 2 is 2.19 bits per heavy atom. The van der Waals surface area contributed by atoms with E-state index >= 15 is 0 Å². The molecule has 0 atom stereocenters. The standard InChI is InChI=1S/C16H24N2O3/c1-4-18(13-6-7-13)16(19)11-21-15-9-14(20-3)8-5-12(15)10-17-2/h5,8-9,13,17H,4,6-7,10-11H2,1-3H3. The summed E-state index contributed by atoms with van der Waals surface area (Å²) in [6.45, 7) is 3.52. The Kier molecular flexibility index (Phi) is 5.44. The highest BCUT2D eigenvalue weighted by molar-refractivity contribution is 5.78. The van der Waals surface area contributed by atoms with Crippen molar-refractivity contribution >= 4 is 5.91 Å². The highest BCUT2D eigenvalue weighted by Crippen LogP contribution is 2.28. The largest absolute Gasteiger partial charge is 0.497 e. The molecule has 116 valence electrons. The molecular formula is C16H24N2O3. The Morgan fingerprint density at radius 1 is 1.43 bits per heavy atom. The van der Waals surface area contributed by atoms with Crippen LogP contribution in [0, 0.1) is 0 Å². The Balaban J connectivity index is 2.01. The Labute approximate surface area is 126 Å². The van der Waals surface area contributed by atoms with Crippen LogP contribution in [0.25, 0.3) is 0 Å². The number of rotatable bonds is 8. The van der Waals surface area contributed by atoms with Gasteiger partial charge in [0, 0.05) is 30.8 Å². The lowest BCUT2D eigenvalue weighted by Crippen LogP contribution is -2.36. The van der Waals surface area contributed by atoms with Crippen LogP contribution in [-0.4, -0.2) is 44.2 Å². The molecular weight excluding hydrogens is 268 g/mol. The van der Waals surface area contributed by atoms with Crippen molar-refractivity contribution in [2.24, 2.45) is 0 Å². The molecule has 0 bridgehead atoms. The quantitative estimate of drug-likeness (QED) is 0.794. The molecule has 2 rings (SSSR count). The van der Waals surface area contributed by atoms with Crippen LogP contribution >= 0.6 is 0 Å². The first kappa shape index (κ1) is 15.6. The summed E-state index contributed by atoms with van der Waals surface area (Å²) >= 11 is 0. The highest BCUT2D eigenvalue weighted by atomic mass is 16.5. The number of nitrogens with zero attached hydrogens (tertiary/aromatic N) is 1. The fraction of sp³-hybridized carbons (Fsp3) is 0.562. The van der Waals surface area contributed by atoms with E-state index in [1.54, 1.807) is 7.11 Å². The average Bonchev–Trinajstić information content (AvgIpc) is 3.32. The van der Waals surface area contributed by atoms with Crippen molar-refractivity contribution in [1.29, 1.82) is 0 Å². The van der Waals surface area contributed by atoms with Crippen LogP contribution in [0.2, 0.25) is 0 Å². The van der Waals surface area contributed by atoms with E-state index < -0.39 is 0 Å². The van der Waals surface area contributed by atoms with Crippen LogP contribution in [0.5, 0.6) is 11.5 Å². The number of hydrogen-bond donors (Lipinski definition) is 1. The Hall–Kier alpha value is -1.75. The number of methoxy groups -OCH3 is 1. The summed E-state index contributed by atoms with van der Waals surface area (Å²) in [6.07, 6.45) is 2.23. The second-order valence-electron chi connectivity index (χ2n) is 5.20. The summed E-state index contributed by atoms with van der Waals surface area (Å²) in [5.74, 6) is 1.48. The zero-order valence-electron chi connectivity index (χ0n) is 13.0. The Morgan fingerprint density at radius 3 is 2.76 bits per heavy atom. The maximum Gasteiger partial charge on any atom is 0.260 e. The predicted octanol–water partition coefficient (Wildman–Crippen LogP) is 1.80. The smallest absolute Gasteiger partial charge is 0.260 e. The van der Waals surface area contributed by atoms with E-state index in [9.17, 15) is 4.79 Å². The van der Waals surface area contributed by atoms with Crippen LogP contribution in [-0.2, 0) is 11.3 Å². The molecule has 1 fully saturated rings. The van der Waals surface area contributed by atoms with Crippen molar-refractivity contribution in [3.63, 3.8) is 0 Å². The van der Waals surface area contributed by atoms with Crippen molar-refractivity contribution in [3.8, 4) is 11.5 Å². The lowest BCUT2D eigenvalue weighted by molar-refractivity contribution is -0.133. The molecule has 0 saturated heterocycles. The van der Waals surface area contributed by atoms with Crippen molar-refractivity contribution in [3.05, 3.63) is 23.8 Å². The topological polar surface area (TPSA) is 50.8 Å². The van der Waals surface area contributed by atoms with Gasteiger partial charge in [-0.2, -0.15) is 0 Å². The van der Waals surface area contributed by atoms with Gasteiger partial charge in [0.25, 0.3) is 5.91 Å². The van der Waals surface area contributed by atoms with Crippen LogP contribution < -0.4 is 14.8 Å². The lowest BCUT2D eigenvalue weighted by atomic mass is 10.2. The summed E-state index contributed by atoms with van der Waals surface area (Å²) in [5, 5.41) is 3.10. The minimum Gasteiger partial charge on any atom is -0.497 e. The molecule has 0 unspecified atom stereocenters. The van der Waals surface area contributed by atoms with Crippen molar-refractivity contribution in [2.45, 2.75) is 32.4 Å². The van der Waals surface area contributed by atoms with E-state index in [-0.39, 0.29) is 12.5 Å². The first-order chi connectivity index (χ1) is 10.2. The van der Waals surface area contributed by atoms with Gasteiger partial charge in [-0.25, -0.2) is 0 Å². The van der Waals surface area contributed by atoms with Gasteiger partial charge in [0.05, 0.1) is 7.11 Å². The number of ether oxygens (including phenoxy) is 2. The molecule has 0 radical (unpaired) electrons. The third-order valence-electron chi connectivity index (χ3n) is 3.64. The van der Waals surface area contributed by atoms with Gasteiger partial charge in [-0.15, -0.1) is 0 Å². The van der Waals surface area contributed by atoms with Crippen LogP contribution in [0.4, 0.5) is 0 Å². The maximum absolute atomic E-state index is 12.2. The van der Waals surface area contributed by atoms with Gasteiger partial charge in [-0.3, -0.25) is 4.79 Å². The van der Waals surface area contributed by atoms with Gasteiger partial charge in [-0.05, 0) is 32.9 Å². The molecule has 5 heteroatoms. The summed E-state index contributed by atoms with van der Waals surface area (Å²) in [7, 11) is 3.50. The van der Waals surface area contributed by atoms with Crippen LogP contribution in [0.3, 0.4) is 0 Å². The summed E-state index contributed by atoms with van der Waals surface area (Å²) in [6, 6.07) is 6.10. The van der Waals surface area contributed by atoms with Crippen molar-refractivity contribution in [1.82, 2.24) is 10.2 Å². The van der Waals surface area contributed by atoms with E-state index in [0.717, 1.165) is 30.7 Å². The first-order valence-corrected chi connectivity index (χ1v) is 7.43. The first-order valence-electron chi connectivity index (χ1n) is 7.43. The number of nitrogens with one attached hydrogen (secondary N) is 1. The molecule has 1 saturated carbocycles. The van der Waals surface area contributed by atoms with Gasteiger partial charge >= 0.3 is 0 Å². The number of carbonyl (C=O) groups is 1. The molecule has 1 aliphatic rings. The number of hydrogen-bond acceptors (Lipinski definition) is 4. The molecule has 1 amide bonds. The summed E-state index contributed by atoms with van der Waals surface area (Å²) < 4.78 is 11.0. The third kappa shape index (κ3) is 4.11. The maximum atomic E-state index is 12.2. The molecule has 0 spiro atoms. The van der Waals surface area contributed by atoms with Crippen molar-refractivity contribution in [2.75, 3.05) is 27.3 Å². The summed E-state index contributed by atoms with van der Waals surface area (Å²) in [5.41, 5.74) is 1.01. The van der Waals surface area contributed by atoms with Gasteiger partial charge in [0.2, 0.25) is 0 Å². The minimum absolute atomic E-state index is 0.0539. The molecule has 0 aromatic heterocycles. The monoisotopic (exact) mass is 292 g/mol. The zero-order chi connectivity index (χ0) is 15.2. The van der Waals surface area contributed by atoms with E-state index in [2.05, 4.69) is 5.32 Å². The van der Waals surface area contributed by atoms with Gasteiger partial charge in [0.15, 0.2) is 6.61 Å². The van der Waals surface area contributed by atoms with E-state index in [1.807, 2.05) is 37.1 Å². The number of likely N-dealkylation sites (N-methyl/N-ethyl adjacent to an activating group) is 1. The van der Waals surface area contributed by atoms with Crippen LogP contribution in [0.1, 0.15) is 25.3 Å². The molecule has 1 N–H and O–H groups in total. The van der Waals surface area contributed by atoms with Gasteiger partial charge in [-0.1, -0.05) is 6.07 Å². The minimum atomic E-state index is 0.0539. The zero-order valence-corrected chi connectivity index (χ0v) is 13.0. The van der Waals surface area contributed by atoms with E-state index in [4.69, 9.17) is 9.47 Å². The Bertz CT molecular complexity index is 486. The van der Waals surface area contributed by atoms with Crippen molar-refractivity contribution < 1.29 is 14.3 Å². The SMILES string of the molecule is CCN(C(=O)COc1cc(OC)ccc1CNC)C1CC1. The average molecular weight is 292 g/mol. The fourth-order valence-corrected chi connectivity index (χ4v) is 2.38. The highest BCUT2D eigenvalue weighted by Gasteiger charge is 2.31. The van der Waals surface area contributed by atoms with Gasteiger partial charge in [0.1, 0.15) is 11.5 Å². The predicted molar refractivity (Wildman–Crippen MR) is 81.7 cm³/mol. The molecule has 5 nitrogen and oxygen atoms in total. The van der Waals surface area contributed by atoms with Gasteiger partial charge < -0.3 is 19.7 Å². The van der Waals surface area contributed by atoms with E-state index in [1.165, 1.54) is 0 Å². The molecule has 0 heterocycles. The number of benzene rings is 1. The van der Waals surface area contributed by atoms with Crippen LogP contribution in [0.15, 0.2) is 18.2 Å². The third-order valence-corrected chi connectivity index (χ3v) is 3.64. The molecule has 1 aromatic rings.